The zero-order valence-corrected chi connectivity index (χ0v) is 13.1. The maximum atomic E-state index is 11.9. The lowest BCUT2D eigenvalue weighted by molar-refractivity contribution is -0.118. The van der Waals surface area contributed by atoms with Crippen LogP contribution in [0, 0.1) is 0 Å². The summed E-state index contributed by atoms with van der Waals surface area (Å²) in [4.78, 5) is 11.9. The van der Waals surface area contributed by atoms with Crippen molar-refractivity contribution in [1.29, 1.82) is 0 Å². The van der Waals surface area contributed by atoms with Gasteiger partial charge in [-0.2, -0.15) is 0 Å². The van der Waals surface area contributed by atoms with E-state index in [0.29, 0.717) is 24.2 Å². The van der Waals surface area contributed by atoms with E-state index >= 15 is 0 Å². The van der Waals surface area contributed by atoms with Gasteiger partial charge in [-0.3, -0.25) is 10.1 Å². The second-order valence-electron chi connectivity index (χ2n) is 5.29. The van der Waals surface area contributed by atoms with Gasteiger partial charge in [0.1, 0.15) is 5.75 Å². The van der Waals surface area contributed by atoms with E-state index in [1.807, 2.05) is 31.2 Å². The molecule has 0 atom stereocenters. The SMILES string of the molecule is CCCn1nnnc1NC(=O)COc1ccc(C(C)C)cc1. The van der Waals surface area contributed by atoms with E-state index in [1.54, 1.807) is 4.68 Å². The summed E-state index contributed by atoms with van der Waals surface area (Å²) >= 11 is 0. The standard InChI is InChI=1S/C15H21N5O2/c1-4-9-20-15(17-18-19-20)16-14(21)10-22-13-7-5-12(6-8-13)11(2)3/h5-8,11H,4,9-10H2,1-3H3,(H,16,17,19,21). The van der Waals surface area contributed by atoms with Crippen molar-refractivity contribution in [2.45, 2.75) is 39.7 Å². The summed E-state index contributed by atoms with van der Waals surface area (Å²) in [6.45, 7) is 6.84. The first kappa shape index (κ1) is 15.9. The Balaban J connectivity index is 1.86. The topological polar surface area (TPSA) is 81.9 Å². The third-order valence-electron chi connectivity index (χ3n) is 3.14. The first-order chi connectivity index (χ1) is 10.6. The number of tetrazole rings is 1. The summed E-state index contributed by atoms with van der Waals surface area (Å²) in [5.74, 6) is 1.17. The number of anilines is 1. The Kier molecular flexibility index (Phi) is 5.46. The Bertz CT molecular complexity index is 607. The van der Waals surface area contributed by atoms with Crippen molar-refractivity contribution in [1.82, 2.24) is 20.2 Å². The molecule has 2 aromatic rings. The van der Waals surface area contributed by atoms with Crippen LogP contribution in [0.15, 0.2) is 24.3 Å². The summed E-state index contributed by atoms with van der Waals surface area (Å²) in [7, 11) is 0. The Morgan fingerprint density at radius 1 is 1.32 bits per heavy atom. The summed E-state index contributed by atoms with van der Waals surface area (Å²) in [5.41, 5.74) is 1.23. The molecule has 1 amide bonds. The van der Waals surface area contributed by atoms with E-state index in [9.17, 15) is 4.79 Å². The number of ether oxygens (including phenoxy) is 1. The number of amides is 1. The van der Waals surface area contributed by atoms with Gasteiger partial charge in [0.2, 0.25) is 5.95 Å². The summed E-state index contributed by atoms with van der Waals surface area (Å²) < 4.78 is 7.01. The molecule has 0 unspecified atom stereocenters. The van der Waals surface area contributed by atoms with E-state index < -0.39 is 0 Å². The van der Waals surface area contributed by atoms with Gasteiger partial charge in [-0.15, -0.1) is 0 Å². The zero-order chi connectivity index (χ0) is 15.9. The van der Waals surface area contributed by atoms with Crippen molar-refractivity contribution in [2.75, 3.05) is 11.9 Å². The number of aromatic nitrogens is 4. The molecule has 1 aromatic heterocycles. The maximum absolute atomic E-state index is 11.9. The highest BCUT2D eigenvalue weighted by molar-refractivity contribution is 5.90. The molecule has 0 spiro atoms. The van der Waals surface area contributed by atoms with Gasteiger partial charge in [0.05, 0.1) is 0 Å². The van der Waals surface area contributed by atoms with Crippen LogP contribution in [-0.2, 0) is 11.3 Å². The number of hydrogen-bond donors (Lipinski definition) is 1. The molecule has 0 radical (unpaired) electrons. The number of benzene rings is 1. The highest BCUT2D eigenvalue weighted by atomic mass is 16.5. The van der Waals surface area contributed by atoms with Gasteiger partial charge in [-0.25, -0.2) is 4.68 Å². The first-order valence-electron chi connectivity index (χ1n) is 7.39. The van der Waals surface area contributed by atoms with Crippen LogP contribution in [0.25, 0.3) is 0 Å². The molecule has 22 heavy (non-hydrogen) atoms. The number of carbonyl (C=O) groups is 1. The lowest BCUT2D eigenvalue weighted by Crippen LogP contribution is -2.22. The fraction of sp³-hybridized carbons (Fsp3) is 0.467. The van der Waals surface area contributed by atoms with Gasteiger partial charge >= 0.3 is 0 Å². The molecule has 0 saturated heterocycles. The molecule has 1 heterocycles. The van der Waals surface area contributed by atoms with Crippen LogP contribution in [0.3, 0.4) is 0 Å². The molecule has 7 nitrogen and oxygen atoms in total. The lowest BCUT2D eigenvalue weighted by atomic mass is 10.0. The molecular formula is C15H21N5O2. The normalized spacial score (nSPS) is 10.7. The van der Waals surface area contributed by atoms with Crippen molar-refractivity contribution in [3.63, 3.8) is 0 Å². The minimum Gasteiger partial charge on any atom is -0.484 e. The van der Waals surface area contributed by atoms with Crippen LogP contribution in [0.4, 0.5) is 5.95 Å². The van der Waals surface area contributed by atoms with E-state index in [1.165, 1.54) is 5.56 Å². The zero-order valence-electron chi connectivity index (χ0n) is 13.1. The smallest absolute Gasteiger partial charge is 0.264 e. The third kappa shape index (κ3) is 4.28. The van der Waals surface area contributed by atoms with Crippen LogP contribution >= 0.6 is 0 Å². The Labute approximate surface area is 129 Å². The van der Waals surface area contributed by atoms with Gasteiger partial charge in [-0.05, 0) is 40.5 Å². The number of nitrogens with zero attached hydrogens (tertiary/aromatic N) is 4. The summed E-state index contributed by atoms with van der Waals surface area (Å²) in [6.07, 6.45) is 0.882. The van der Waals surface area contributed by atoms with Crippen molar-refractivity contribution in [2.24, 2.45) is 0 Å². The molecule has 7 heteroatoms. The third-order valence-corrected chi connectivity index (χ3v) is 3.14. The average molecular weight is 303 g/mol. The number of aryl methyl sites for hydroxylation is 1. The minimum atomic E-state index is -0.292. The van der Waals surface area contributed by atoms with E-state index in [4.69, 9.17) is 4.74 Å². The minimum absolute atomic E-state index is 0.0833. The predicted molar refractivity (Wildman–Crippen MR) is 82.8 cm³/mol. The van der Waals surface area contributed by atoms with Gasteiger partial charge in [0.15, 0.2) is 6.61 Å². The van der Waals surface area contributed by atoms with Crippen molar-refractivity contribution < 1.29 is 9.53 Å². The highest BCUT2D eigenvalue weighted by Crippen LogP contribution is 2.18. The Hall–Kier alpha value is -2.44. The van der Waals surface area contributed by atoms with E-state index in [2.05, 4.69) is 34.7 Å². The number of rotatable bonds is 7. The quantitative estimate of drug-likeness (QED) is 0.848. The fourth-order valence-electron chi connectivity index (χ4n) is 1.92. The molecule has 1 N–H and O–H groups in total. The van der Waals surface area contributed by atoms with Crippen LogP contribution < -0.4 is 10.1 Å². The maximum Gasteiger partial charge on any atom is 0.264 e. The molecule has 118 valence electrons. The molecule has 0 aliphatic rings. The van der Waals surface area contributed by atoms with Crippen LogP contribution in [-0.4, -0.2) is 32.7 Å². The monoisotopic (exact) mass is 303 g/mol. The van der Waals surface area contributed by atoms with Gasteiger partial charge in [0.25, 0.3) is 5.91 Å². The van der Waals surface area contributed by atoms with Gasteiger partial charge in [-0.1, -0.05) is 38.0 Å². The second-order valence-corrected chi connectivity index (χ2v) is 5.29. The molecule has 0 aliphatic heterocycles. The molecular weight excluding hydrogens is 282 g/mol. The molecule has 1 aromatic carbocycles. The van der Waals surface area contributed by atoms with E-state index in [-0.39, 0.29) is 12.5 Å². The van der Waals surface area contributed by atoms with E-state index in [0.717, 1.165) is 6.42 Å². The fourth-order valence-corrected chi connectivity index (χ4v) is 1.92. The van der Waals surface area contributed by atoms with Crippen LogP contribution in [0.5, 0.6) is 5.75 Å². The Morgan fingerprint density at radius 3 is 2.68 bits per heavy atom. The summed E-state index contributed by atoms with van der Waals surface area (Å²) in [5, 5.41) is 13.8. The largest absolute Gasteiger partial charge is 0.484 e. The lowest BCUT2D eigenvalue weighted by Gasteiger charge is -2.09. The molecule has 0 aliphatic carbocycles. The molecule has 0 bridgehead atoms. The van der Waals surface area contributed by atoms with Gasteiger partial charge < -0.3 is 4.74 Å². The Morgan fingerprint density at radius 2 is 2.05 bits per heavy atom. The van der Waals surface area contributed by atoms with Crippen LogP contribution in [0.2, 0.25) is 0 Å². The second kappa shape index (κ2) is 7.53. The highest BCUT2D eigenvalue weighted by Gasteiger charge is 2.10. The number of carbonyl (C=O) groups excluding carboxylic acids is 1. The van der Waals surface area contributed by atoms with Gasteiger partial charge in [0, 0.05) is 6.54 Å². The number of nitrogens with one attached hydrogen (secondary N) is 1. The average Bonchev–Trinajstić information content (AvgIpc) is 2.93. The first-order valence-corrected chi connectivity index (χ1v) is 7.39. The number of hydrogen-bond acceptors (Lipinski definition) is 5. The van der Waals surface area contributed by atoms with Crippen LogP contribution in [0.1, 0.15) is 38.7 Å². The van der Waals surface area contributed by atoms with Crippen molar-refractivity contribution in [3.8, 4) is 5.75 Å². The molecule has 0 saturated carbocycles. The summed E-state index contributed by atoms with van der Waals surface area (Å²) in [6, 6.07) is 7.73. The van der Waals surface area contributed by atoms with Crippen molar-refractivity contribution in [3.05, 3.63) is 29.8 Å². The van der Waals surface area contributed by atoms with Crippen molar-refractivity contribution >= 4 is 11.9 Å². The predicted octanol–water partition coefficient (Wildman–Crippen LogP) is 2.22. The molecule has 2 rings (SSSR count). The molecule has 0 fully saturated rings.